The van der Waals surface area contributed by atoms with Gasteiger partial charge in [0.1, 0.15) is 0 Å². The molecule has 0 aliphatic rings. The summed E-state index contributed by atoms with van der Waals surface area (Å²) < 4.78 is 0. The molecule has 0 aromatic carbocycles. The molecule has 0 aliphatic carbocycles. The molecular weight excluding hydrogens is 188 g/mol. The molecule has 3 nitrogen and oxygen atoms in total. The summed E-state index contributed by atoms with van der Waals surface area (Å²) >= 11 is 0. The lowest BCUT2D eigenvalue weighted by molar-refractivity contribution is -0.121. The highest BCUT2D eigenvalue weighted by Gasteiger charge is 2.10. The third-order valence-corrected chi connectivity index (χ3v) is 2.46. The van der Waals surface area contributed by atoms with E-state index in [9.17, 15) is 4.79 Å². The smallest absolute Gasteiger partial charge is 0.220 e. The Kier molecular flexibility index (Phi) is 6.57. The zero-order chi connectivity index (χ0) is 11.9. The Balaban J connectivity index is 3.50. The fourth-order valence-electron chi connectivity index (χ4n) is 1.16. The molecule has 0 aromatic rings. The molecule has 15 heavy (non-hydrogen) atoms. The number of rotatable bonds is 6. The van der Waals surface area contributed by atoms with Crippen LogP contribution < -0.4 is 11.1 Å². The second kappa shape index (κ2) is 6.83. The molecule has 0 heterocycles. The largest absolute Gasteiger partial charge is 0.356 e. The lowest BCUT2D eigenvalue weighted by Crippen LogP contribution is -2.27. The van der Waals surface area contributed by atoms with Crippen molar-refractivity contribution in [1.29, 1.82) is 0 Å². The number of hydrogen-bond acceptors (Lipinski definition) is 2. The maximum absolute atomic E-state index is 11.4. The van der Waals surface area contributed by atoms with Gasteiger partial charge in [-0.1, -0.05) is 27.7 Å². The van der Waals surface area contributed by atoms with Crippen molar-refractivity contribution in [2.75, 3.05) is 13.1 Å². The van der Waals surface area contributed by atoms with Gasteiger partial charge in [-0.25, -0.2) is 0 Å². The van der Waals surface area contributed by atoms with Crippen LogP contribution in [0.3, 0.4) is 0 Å². The summed E-state index contributed by atoms with van der Waals surface area (Å²) in [4.78, 5) is 11.4. The van der Waals surface area contributed by atoms with E-state index < -0.39 is 0 Å². The molecule has 0 saturated heterocycles. The van der Waals surface area contributed by atoms with Crippen molar-refractivity contribution in [1.82, 2.24) is 5.32 Å². The molecule has 90 valence electrons. The summed E-state index contributed by atoms with van der Waals surface area (Å²) in [5, 5.41) is 2.94. The first-order valence-corrected chi connectivity index (χ1v) is 5.82. The molecule has 3 N–H and O–H groups in total. The van der Waals surface area contributed by atoms with E-state index in [1.54, 1.807) is 0 Å². The standard InChI is InChI=1S/C12H26N2O/c1-10(9-13)5-6-11(15)14-8-7-12(2,3)4/h10H,5-9,13H2,1-4H3,(H,14,15). The fourth-order valence-corrected chi connectivity index (χ4v) is 1.16. The van der Waals surface area contributed by atoms with E-state index in [0.29, 0.717) is 18.9 Å². The van der Waals surface area contributed by atoms with Crippen LogP contribution in [0, 0.1) is 11.3 Å². The predicted octanol–water partition coefficient (Wildman–Crippen LogP) is 1.91. The zero-order valence-corrected chi connectivity index (χ0v) is 10.6. The Hall–Kier alpha value is -0.570. The van der Waals surface area contributed by atoms with Gasteiger partial charge in [0.15, 0.2) is 0 Å². The molecule has 0 bridgehead atoms. The monoisotopic (exact) mass is 214 g/mol. The van der Waals surface area contributed by atoms with E-state index in [0.717, 1.165) is 19.4 Å². The van der Waals surface area contributed by atoms with Gasteiger partial charge in [0, 0.05) is 13.0 Å². The Labute approximate surface area is 93.8 Å². The zero-order valence-electron chi connectivity index (χ0n) is 10.6. The molecule has 0 fully saturated rings. The van der Waals surface area contributed by atoms with Crippen molar-refractivity contribution in [3.05, 3.63) is 0 Å². The SMILES string of the molecule is CC(CN)CCC(=O)NCCC(C)(C)C. The molecule has 0 rings (SSSR count). The van der Waals surface area contributed by atoms with E-state index in [1.165, 1.54) is 0 Å². The highest BCUT2D eigenvalue weighted by Crippen LogP contribution is 2.16. The first-order chi connectivity index (χ1) is 6.85. The maximum Gasteiger partial charge on any atom is 0.220 e. The summed E-state index contributed by atoms with van der Waals surface area (Å²) in [6.45, 7) is 10.0. The highest BCUT2D eigenvalue weighted by atomic mass is 16.1. The van der Waals surface area contributed by atoms with Crippen LogP contribution in [0.1, 0.15) is 47.0 Å². The van der Waals surface area contributed by atoms with Gasteiger partial charge in [0.25, 0.3) is 0 Å². The lowest BCUT2D eigenvalue weighted by atomic mass is 9.92. The normalized spacial score (nSPS) is 13.7. The maximum atomic E-state index is 11.4. The highest BCUT2D eigenvalue weighted by molar-refractivity contribution is 5.75. The summed E-state index contributed by atoms with van der Waals surface area (Å²) in [7, 11) is 0. The molecule has 1 amide bonds. The second-order valence-electron chi connectivity index (χ2n) is 5.54. The average Bonchev–Trinajstić information content (AvgIpc) is 2.12. The quantitative estimate of drug-likeness (QED) is 0.709. The average molecular weight is 214 g/mol. The van der Waals surface area contributed by atoms with Crippen LogP contribution in [0.5, 0.6) is 0 Å². The minimum Gasteiger partial charge on any atom is -0.356 e. The summed E-state index contributed by atoms with van der Waals surface area (Å²) in [6.07, 6.45) is 2.51. The van der Waals surface area contributed by atoms with Gasteiger partial charge in [-0.05, 0) is 30.7 Å². The second-order valence-corrected chi connectivity index (χ2v) is 5.54. The molecule has 1 unspecified atom stereocenters. The Morgan fingerprint density at radius 2 is 2.00 bits per heavy atom. The van der Waals surface area contributed by atoms with E-state index in [1.807, 2.05) is 0 Å². The third-order valence-electron chi connectivity index (χ3n) is 2.46. The van der Waals surface area contributed by atoms with Gasteiger partial charge in [-0.15, -0.1) is 0 Å². The van der Waals surface area contributed by atoms with Crippen LogP contribution in [0.2, 0.25) is 0 Å². The molecule has 1 atom stereocenters. The van der Waals surface area contributed by atoms with E-state index in [2.05, 4.69) is 33.0 Å². The summed E-state index contributed by atoms with van der Waals surface area (Å²) in [6, 6.07) is 0. The predicted molar refractivity (Wildman–Crippen MR) is 64.5 cm³/mol. The number of nitrogens with one attached hydrogen (secondary N) is 1. The van der Waals surface area contributed by atoms with E-state index >= 15 is 0 Å². The molecular formula is C12H26N2O. The van der Waals surface area contributed by atoms with Crippen LogP contribution in [0.25, 0.3) is 0 Å². The van der Waals surface area contributed by atoms with Crippen molar-refractivity contribution in [3.8, 4) is 0 Å². The molecule has 0 saturated carbocycles. The number of carbonyl (C=O) groups is 1. The number of carbonyl (C=O) groups excluding carboxylic acids is 1. The van der Waals surface area contributed by atoms with Crippen molar-refractivity contribution in [3.63, 3.8) is 0 Å². The van der Waals surface area contributed by atoms with Gasteiger partial charge in [-0.3, -0.25) is 4.79 Å². The third kappa shape index (κ3) is 9.73. The number of nitrogens with two attached hydrogens (primary N) is 1. The van der Waals surface area contributed by atoms with Crippen LogP contribution in [0.15, 0.2) is 0 Å². The van der Waals surface area contributed by atoms with Gasteiger partial charge >= 0.3 is 0 Å². The van der Waals surface area contributed by atoms with Crippen molar-refractivity contribution < 1.29 is 4.79 Å². The Morgan fingerprint density at radius 3 is 2.47 bits per heavy atom. The summed E-state index contributed by atoms with van der Waals surface area (Å²) in [5.74, 6) is 0.595. The first-order valence-electron chi connectivity index (χ1n) is 5.82. The molecule has 0 aromatic heterocycles. The van der Waals surface area contributed by atoms with Crippen LogP contribution >= 0.6 is 0 Å². The Morgan fingerprint density at radius 1 is 1.40 bits per heavy atom. The van der Waals surface area contributed by atoms with Crippen LogP contribution in [0.4, 0.5) is 0 Å². The molecule has 3 heteroatoms. The number of hydrogen-bond donors (Lipinski definition) is 2. The van der Waals surface area contributed by atoms with Crippen molar-refractivity contribution in [2.45, 2.75) is 47.0 Å². The fraction of sp³-hybridized carbons (Fsp3) is 0.917. The lowest BCUT2D eigenvalue weighted by Gasteiger charge is -2.18. The topological polar surface area (TPSA) is 55.1 Å². The minimum atomic E-state index is 0.152. The van der Waals surface area contributed by atoms with Crippen LogP contribution in [-0.2, 0) is 4.79 Å². The van der Waals surface area contributed by atoms with Gasteiger partial charge in [-0.2, -0.15) is 0 Å². The van der Waals surface area contributed by atoms with Gasteiger partial charge in [0.05, 0.1) is 0 Å². The van der Waals surface area contributed by atoms with Gasteiger partial charge < -0.3 is 11.1 Å². The van der Waals surface area contributed by atoms with E-state index in [4.69, 9.17) is 5.73 Å². The first kappa shape index (κ1) is 14.4. The molecule has 0 spiro atoms. The van der Waals surface area contributed by atoms with Crippen molar-refractivity contribution >= 4 is 5.91 Å². The van der Waals surface area contributed by atoms with Gasteiger partial charge in [0.2, 0.25) is 5.91 Å². The van der Waals surface area contributed by atoms with Crippen molar-refractivity contribution in [2.24, 2.45) is 17.1 Å². The van der Waals surface area contributed by atoms with Crippen LogP contribution in [-0.4, -0.2) is 19.0 Å². The Bertz CT molecular complexity index is 185. The minimum absolute atomic E-state index is 0.152. The molecule has 0 aliphatic heterocycles. The number of amides is 1. The van der Waals surface area contributed by atoms with E-state index in [-0.39, 0.29) is 11.3 Å². The summed E-state index contributed by atoms with van der Waals surface area (Å²) in [5.41, 5.74) is 5.77. The molecule has 0 radical (unpaired) electrons.